The molecule has 2 aromatic carbocycles. The molecule has 0 saturated heterocycles. The van der Waals surface area contributed by atoms with Crippen molar-refractivity contribution in [1.82, 2.24) is 4.98 Å². The largest absolute Gasteiger partial charge is 0.321 e. The quantitative estimate of drug-likeness (QED) is 0.588. The Hall–Kier alpha value is -2.94. The van der Waals surface area contributed by atoms with Crippen molar-refractivity contribution in [2.45, 2.75) is 0 Å². The number of H-pyrrole nitrogens is 1. The van der Waals surface area contributed by atoms with E-state index in [1.807, 2.05) is 42.5 Å². The van der Waals surface area contributed by atoms with E-state index in [2.05, 4.69) is 4.98 Å². The van der Waals surface area contributed by atoms with Crippen LogP contribution >= 0.6 is 0 Å². The number of pyridine rings is 1. The predicted molar refractivity (Wildman–Crippen MR) is 84.4 cm³/mol. The average Bonchev–Trinajstić information content (AvgIpc) is 2.53. The van der Waals surface area contributed by atoms with E-state index in [-0.39, 0.29) is 11.3 Å². The van der Waals surface area contributed by atoms with Gasteiger partial charge in [-0.1, -0.05) is 48.5 Å². The molecule has 102 valence electrons. The molecule has 3 aromatic rings. The highest BCUT2D eigenvalue weighted by atomic mass is 16.1. The Balaban J connectivity index is 1.94. The zero-order chi connectivity index (χ0) is 14.7. The number of nitrogens with one attached hydrogen (secondary N) is 1. The Morgan fingerprint density at radius 3 is 2.48 bits per heavy atom. The zero-order valence-electron chi connectivity index (χ0n) is 11.2. The lowest BCUT2D eigenvalue weighted by atomic mass is 10.1. The SMILES string of the molecule is O=C(C=Cc1cc2ccccc2[nH]c1=O)c1ccccc1. The maximum atomic E-state index is 12.0. The van der Waals surface area contributed by atoms with Crippen molar-refractivity contribution in [2.75, 3.05) is 0 Å². The minimum absolute atomic E-state index is 0.122. The normalized spacial score (nSPS) is 11.0. The molecule has 0 spiro atoms. The van der Waals surface area contributed by atoms with Gasteiger partial charge in [0.25, 0.3) is 5.56 Å². The molecule has 3 rings (SSSR count). The van der Waals surface area contributed by atoms with Crippen LogP contribution in [0.15, 0.2) is 71.5 Å². The van der Waals surface area contributed by atoms with Gasteiger partial charge in [-0.15, -0.1) is 0 Å². The first-order chi connectivity index (χ1) is 10.2. The third kappa shape index (κ3) is 2.82. The topological polar surface area (TPSA) is 49.9 Å². The molecule has 1 N–H and O–H groups in total. The van der Waals surface area contributed by atoms with Crippen molar-refractivity contribution in [1.29, 1.82) is 0 Å². The first-order valence-corrected chi connectivity index (χ1v) is 6.63. The van der Waals surface area contributed by atoms with Crippen LogP contribution in [0, 0.1) is 0 Å². The van der Waals surface area contributed by atoms with Gasteiger partial charge in [-0.25, -0.2) is 0 Å². The van der Waals surface area contributed by atoms with E-state index in [1.54, 1.807) is 24.3 Å². The summed E-state index contributed by atoms with van der Waals surface area (Å²) in [5, 5.41) is 0.934. The molecule has 0 amide bonds. The summed E-state index contributed by atoms with van der Waals surface area (Å²) in [5.41, 5.74) is 1.66. The van der Waals surface area contributed by atoms with Crippen LogP contribution in [0.1, 0.15) is 15.9 Å². The molecular formula is C18H13NO2. The third-order valence-electron chi connectivity index (χ3n) is 3.25. The van der Waals surface area contributed by atoms with E-state index in [0.29, 0.717) is 11.1 Å². The Morgan fingerprint density at radius 1 is 0.952 bits per heavy atom. The molecule has 0 atom stereocenters. The molecular weight excluding hydrogens is 262 g/mol. The summed E-state index contributed by atoms with van der Waals surface area (Å²) in [4.78, 5) is 26.8. The van der Waals surface area contributed by atoms with Crippen LogP contribution in [0.4, 0.5) is 0 Å². The molecule has 3 heteroatoms. The lowest BCUT2D eigenvalue weighted by Gasteiger charge is -1.99. The van der Waals surface area contributed by atoms with Gasteiger partial charge in [0, 0.05) is 16.6 Å². The van der Waals surface area contributed by atoms with Gasteiger partial charge in [0.05, 0.1) is 0 Å². The van der Waals surface area contributed by atoms with Gasteiger partial charge in [0.15, 0.2) is 5.78 Å². The minimum atomic E-state index is -0.203. The fourth-order valence-corrected chi connectivity index (χ4v) is 2.15. The summed E-state index contributed by atoms with van der Waals surface area (Å²) in [7, 11) is 0. The number of fused-ring (bicyclic) bond motifs is 1. The van der Waals surface area contributed by atoms with E-state index in [9.17, 15) is 9.59 Å². The number of aromatic amines is 1. The summed E-state index contributed by atoms with van der Waals surface area (Å²) in [6.07, 6.45) is 2.98. The summed E-state index contributed by atoms with van der Waals surface area (Å²) in [5.74, 6) is -0.122. The standard InChI is InChI=1S/C18H13NO2/c20-17(13-6-2-1-3-7-13)11-10-15-12-14-8-4-5-9-16(14)19-18(15)21/h1-12H,(H,19,21). The Morgan fingerprint density at radius 2 is 1.67 bits per heavy atom. The lowest BCUT2D eigenvalue weighted by Crippen LogP contribution is -2.09. The Labute approximate surface area is 121 Å². The van der Waals surface area contributed by atoms with E-state index in [1.165, 1.54) is 6.08 Å². The second kappa shape index (κ2) is 5.59. The molecule has 0 bridgehead atoms. The van der Waals surface area contributed by atoms with Crippen LogP contribution in [0.5, 0.6) is 0 Å². The lowest BCUT2D eigenvalue weighted by molar-refractivity contribution is 0.104. The van der Waals surface area contributed by atoms with E-state index in [0.717, 1.165) is 10.9 Å². The molecule has 0 radical (unpaired) electrons. The van der Waals surface area contributed by atoms with E-state index < -0.39 is 0 Å². The first kappa shape index (κ1) is 13.1. The van der Waals surface area contributed by atoms with Crippen molar-refractivity contribution in [3.05, 3.63) is 88.2 Å². The highest BCUT2D eigenvalue weighted by Crippen LogP contribution is 2.11. The van der Waals surface area contributed by atoms with Crippen molar-refractivity contribution in [2.24, 2.45) is 0 Å². The summed E-state index contributed by atoms with van der Waals surface area (Å²) in [6, 6.07) is 18.3. The molecule has 0 aliphatic carbocycles. The van der Waals surface area contributed by atoms with Gasteiger partial charge in [-0.2, -0.15) is 0 Å². The molecule has 0 fully saturated rings. The fourth-order valence-electron chi connectivity index (χ4n) is 2.15. The van der Waals surface area contributed by atoms with Gasteiger partial charge in [0.1, 0.15) is 0 Å². The monoisotopic (exact) mass is 275 g/mol. The van der Waals surface area contributed by atoms with Crippen LogP contribution in [-0.4, -0.2) is 10.8 Å². The van der Waals surface area contributed by atoms with Crippen LogP contribution in [0.3, 0.4) is 0 Å². The Bertz CT molecular complexity index is 876. The maximum absolute atomic E-state index is 12.0. The fraction of sp³-hybridized carbons (Fsp3) is 0. The number of rotatable bonds is 3. The molecule has 1 heterocycles. The molecule has 0 unspecified atom stereocenters. The highest BCUT2D eigenvalue weighted by molar-refractivity contribution is 6.06. The molecule has 1 aromatic heterocycles. The smallest absolute Gasteiger partial charge is 0.255 e. The van der Waals surface area contributed by atoms with E-state index >= 15 is 0 Å². The van der Waals surface area contributed by atoms with Crippen molar-refractivity contribution < 1.29 is 4.79 Å². The maximum Gasteiger partial charge on any atom is 0.255 e. The number of para-hydroxylation sites is 1. The number of hydrogen-bond acceptors (Lipinski definition) is 2. The molecule has 21 heavy (non-hydrogen) atoms. The first-order valence-electron chi connectivity index (χ1n) is 6.63. The number of ketones is 1. The molecule has 0 aliphatic rings. The average molecular weight is 275 g/mol. The van der Waals surface area contributed by atoms with Crippen molar-refractivity contribution in [3.8, 4) is 0 Å². The van der Waals surface area contributed by atoms with Gasteiger partial charge in [0.2, 0.25) is 0 Å². The van der Waals surface area contributed by atoms with Gasteiger partial charge in [-0.3, -0.25) is 9.59 Å². The number of aromatic nitrogens is 1. The third-order valence-corrected chi connectivity index (χ3v) is 3.25. The van der Waals surface area contributed by atoms with Gasteiger partial charge in [-0.05, 0) is 29.7 Å². The highest BCUT2D eigenvalue weighted by Gasteiger charge is 2.02. The van der Waals surface area contributed by atoms with Crippen LogP contribution < -0.4 is 5.56 Å². The summed E-state index contributed by atoms with van der Waals surface area (Å²) in [6.45, 7) is 0. The zero-order valence-corrected chi connectivity index (χ0v) is 11.2. The number of carbonyl (C=O) groups excluding carboxylic acids is 1. The Kier molecular flexibility index (Phi) is 3.48. The van der Waals surface area contributed by atoms with Crippen LogP contribution in [0.25, 0.3) is 17.0 Å². The molecule has 3 nitrogen and oxygen atoms in total. The van der Waals surface area contributed by atoms with E-state index in [4.69, 9.17) is 0 Å². The van der Waals surface area contributed by atoms with Gasteiger partial charge < -0.3 is 4.98 Å². The number of benzene rings is 2. The number of carbonyl (C=O) groups is 1. The second-order valence-corrected chi connectivity index (χ2v) is 4.70. The van der Waals surface area contributed by atoms with Crippen LogP contribution in [-0.2, 0) is 0 Å². The molecule has 0 saturated carbocycles. The van der Waals surface area contributed by atoms with Crippen molar-refractivity contribution in [3.63, 3.8) is 0 Å². The van der Waals surface area contributed by atoms with Crippen molar-refractivity contribution >= 4 is 22.8 Å². The number of allylic oxidation sites excluding steroid dienone is 1. The minimum Gasteiger partial charge on any atom is -0.321 e. The second-order valence-electron chi connectivity index (χ2n) is 4.70. The predicted octanol–water partition coefficient (Wildman–Crippen LogP) is 3.42. The van der Waals surface area contributed by atoms with Crippen LogP contribution in [0.2, 0.25) is 0 Å². The summed E-state index contributed by atoms with van der Waals surface area (Å²) < 4.78 is 0. The summed E-state index contributed by atoms with van der Waals surface area (Å²) >= 11 is 0. The molecule has 0 aliphatic heterocycles. The number of hydrogen-bond donors (Lipinski definition) is 1. The van der Waals surface area contributed by atoms with Gasteiger partial charge >= 0.3 is 0 Å².